The van der Waals surface area contributed by atoms with Crippen LogP contribution in [-0.4, -0.2) is 100 Å². The average Bonchev–Trinajstić information content (AvgIpc) is 3.88. The van der Waals surface area contributed by atoms with Crippen molar-refractivity contribution in [3.63, 3.8) is 0 Å². The van der Waals surface area contributed by atoms with Gasteiger partial charge in [0, 0.05) is 56.3 Å². The number of anilines is 1. The van der Waals surface area contributed by atoms with Gasteiger partial charge in [-0.1, -0.05) is 24.4 Å². The van der Waals surface area contributed by atoms with E-state index in [0.717, 1.165) is 107 Å². The van der Waals surface area contributed by atoms with Crippen LogP contribution in [0.2, 0.25) is 5.02 Å². The fraction of sp³-hybridized carbons (Fsp3) is 0.532. The number of ether oxygens (including phenoxy) is 1. The van der Waals surface area contributed by atoms with Crippen LogP contribution in [0, 0.1) is 34.4 Å². The highest BCUT2D eigenvalue weighted by molar-refractivity contribution is 6.31. The van der Waals surface area contributed by atoms with E-state index in [4.69, 9.17) is 21.6 Å². The summed E-state index contributed by atoms with van der Waals surface area (Å²) in [6, 6.07) is 8.69. The van der Waals surface area contributed by atoms with Gasteiger partial charge in [-0.3, -0.25) is 39.2 Å². The maximum absolute atomic E-state index is 15.7. The Balaban J connectivity index is 0.713. The van der Waals surface area contributed by atoms with Crippen molar-refractivity contribution in [1.29, 1.82) is 5.26 Å². The van der Waals surface area contributed by atoms with E-state index in [0.29, 0.717) is 52.6 Å². The lowest BCUT2D eigenvalue weighted by molar-refractivity contribution is -0.136. The molecule has 5 fully saturated rings. The van der Waals surface area contributed by atoms with Gasteiger partial charge in [0.05, 0.1) is 45.4 Å². The van der Waals surface area contributed by atoms with Gasteiger partial charge in [0.25, 0.3) is 17.7 Å². The van der Waals surface area contributed by atoms with Gasteiger partial charge in [0.15, 0.2) is 0 Å². The van der Waals surface area contributed by atoms with Crippen molar-refractivity contribution in [2.45, 2.75) is 108 Å². The normalized spacial score (nSPS) is 27.6. The molecule has 5 heterocycles. The topological polar surface area (TPSA) is 178 Å². The number of benzene rings is 2. The Morgan fingerprint density at radius 1 is 0.921 bits per heavy atom. The van der Waals surface area contributed by atoms with Crippen LogP contribution in [0.15, 0.2) is 42.7 Å². The number of imide groups is 2. The average molecular weight is 879 g/mol. The molecule has 3 saturated heterocycles. The number of aromatic nitrogens is 2. The monoisotopic (exact) mass is 878 g/mol. The summed E-state index contributed by atoms with van der Waals surface area (Å²) in [4.78, 5) is 78.5. The number of nitrogens with one attached hydrogen (secondary N) is 2. The second-order valence-corrected chi connectivity index (χ2v) is 19.0. The van der Waals surface area contributed by atoms with E-state index >= 15 is 4.39 Å². The second kappa shape index (κ2) is 18.0. The van der Waals surface area contributed by atoms with Crippen LogP contribution in [0.4, 0.5) is 10.1 Å². The summed E-state index contributed by atoms with van der Waals surface area (Å²) in [5.41, 5.74) is 2.03. The molecule has 0 bridgehead atoms. The van der Waals surface area contributed by atoms with E-state index in [1.165, 1.54) is 12.5 Å². The summed E-state index contributed by atoms with van der Waals surface area (Å²) < 4.78 is 21.8. The number of piperidine rings is 1. The zero-order valence-corrected chi connectivity index (χ0v) is 36.0. The summed E-state index contributed by atoms with van der Waals surface area (Å²) in [5.74, 6) is -1.50. The third kappa shape index (κ3) is 9.15. The highest BCUT2D eigenvalue weighted by Crippen LogP contribution is 2.44. The zero-order valence-electron chi connectivity index (χ0n) is 35.3. The van der Waals surface area contributed by atoms with E-state index in [2.05, 4.69) is 31.6 Å². The van der Waals surface area contributed by atoms with Crippen molar-refractivity contribution in [2.24, 2.45) is 17.3 Å². The van der Waals surface area contributed by atoms with Gasteiger partial charge in [-0.2, -0.15) is 5.26 Å². The number of carbonyl (C=O) groups is 5. The highest BCUT2D eigenvalue weighted by atomic mass is 35.5. The van der Waals surface area contributed by atoms with E-state index in [-0.39, 0.29) is 47.4 Å². The van der Waals surface area contributed by atoms with Crippen molar-refractivity contribution in [3.8, 4) is 11.8 Å². The molecule has 3 aromatic rings. The van der Waals surface area contributed by atoms with Gasteiger partial charge in [0.2, 0.25) is 11.8 Å². The van der Waals surface area contributed by atoms with Crippen molar-refractivity contribution >= 4 is 46.8 Å². The third-order valence-corrected chi connectivity index (χ3v) is 14.6. The van der Waals surface area contributed by atoms with Crippen molar-refractivity contribution in [2.75, 3.05) is 37.6 Å². The van der Waals surface area contributed by atoms with Crippen molar-refractivity contribution < 1.29 is 33.1 Å². The molecule has 9 rings (SSSR count). The first-order valence-electron chi connectivity index (χ1n) is 22.4. The number of fused-ring (bicyclic) bond motifs is 1. The largest absolute Gasteiger partial charge is 0.490 e. The molecule has 2 aliphatic carbocycles. The number of carbonyl (C=O) groups excluding carboxylic acids is 5. The molecule has 16 heteroatoms. The van der Waals surface area contributed by atoms with Gasteiger partial charge in [-0.05, 0) is 113 Å². The minimum absolute atomic E-state index is 0.0183. The second-order valence-electron chi connectivity index (χ2n) is 18.6. The standard InChI is InChI=1S/C47H52ClFN8O6/c48-37-19-34(9-6-30(37)22-50)63-33-10-7-31(8-11-33)53-43(59)39-24-51-32(23-52-39)18-28-2-1-3-29(5-4-28)25-55-16-14-47(26-55)15-17-56(27-47)41-21-36-35(20-38(41)49)45(61)57(46(36)62)40-12-13-42(58)54-44(40)60/h6,9,19-21,23-24,28-29,31,33,40H,1-5,7-8,10-18,25-27H2,(H,53,59)(H,54,58,60). The number of amides is 5. The maximum atomic E-state index is 15.7. The van der Waals surface area contributed by atoms with E-state index in [1.807, 2.05) is 4.90 Å². The fourth-order valence-corrected chi connectivity index (χ4v) is 11.1. The van der Waals surface area contributed by atoms with E-state index < -0.39 is 35.5 Å². The summed E-state index contributed by atoms with van der Waals surface area (Å²) in [6.07, 6.45) is 15.1. The predicted octanol–water partition coefficient (Wildman–Crippen LogP) is 6.00. The molecule has 14 nitrogen and oxygen atoms in total. The Hall–Kier alpha value is -5.46. The number of nitrogens with zero attached hydrogens (tertiary/aromatic N) is 6. The molecule has 330 valence electrons. The lowest BCUT2D eigenvalue weighted by Gasteiger charge is -2.29. The lowest BCUT2D eigenvalue weighted by Crippen LogP contribution is -2.54. The molecule has 1 spiro atoms. The van der Waals surface area contributed by atoms with Crippen LogP contribution in [0.5, 0.6) is 5.75 Å². The molecule has 0 radical (unpaired) electrons. The minimum Gasteiger partial charge on any atom is -0.490 e. The summed E-state index contributed by atoms with van der Waals surface area (Å²) in [5, 5.41) is 14.8. The molecular formula is C47H52ClFN8O6. The zero-order chi connectivity index (χ0) is 43.8. The maximum Gasteiger partial charge on any atom is 0.271 e. The van der Waals surface area contributed by atoms with Gasteiger partial charge in [0.1, 0.15) is 29.4 Å². The van der Waals surface area contributed by atoms with Crippen LogP contribution in [0.25, 0.3) is 0 Å². The number of nitriles is 1. The Kier molecular flexibility index (Phi) is 12.2. The molecule has 5 amide bonds. The van der Waals surface area contributed by atoms with Crippen LogP contribution >= 0.6 is 11.6 Å². The molecule has 2 aromatic carbocycles. The Labute approximate surface area is 370 Å². The molecule has 2 saturated carbocycles. The third-order valence-electron chi connectivity index (χ3n) is 14.3. The highest BCUT2D eigenvalue weighted by Gasteiger charge is 2.47. The Morgan fingerprint density at radius 3 is 2.43 bits per heavy atom. The Bertz CT molecular complexity index is 2350. The van der Waals surface area contributed by atoms with Crippen LogP contribution in [0.1, 0.15) is 126 Å². The van der Waals surface area contributed by atoms with Crippen LogP contribution in [-0.2, 0) is 16.0 Å². The van der Waals surface area contributed by atoms with Crippen LogP contribution in [0.3, 0.4) is 0 Å². The number of rotatable bonds is 10. The van der Waals surface area contributed by atoms with Gasteiger partial charge in [-0.25, -0.2) is 9.37 Å². The van der Waals surface area contributed by atoms with E-state index in [9.17, 15) is 24.0 Å². The summed E-state index contributed by atoms with van der Waals surface area (Å²) in [7, 11) is 0. The quantitative estimate of drug-likeness (QED) is 0.180. The molecule has 6 aliphatic rings. The van der Waals surface area contributed by atoms with Gasteiger partial charge in [-0.15, -0.1) is 0 Å². The first-order valence-corrected chi connectivity index (χ1v) is 22.8. The van der Waals surface area contributed by atoms with Gasteiger partial charge >= 0.3 is 0 Å². The molecule has 4 unspecified atom stereocenters. The SMILES string of the molecule is N#Cc1ccc(OC2CCC(NC(=O)c3cnc(CC4CCCC(CN5CCC6(CCN(c7cc8c(cc7F)C(=O)N(C7CCC(=O)NC7=O)C8=O)C6)C5)CC4)cn3)CC2)cc1Cl. The lowest BCUT2D eigenvalue weighted by atomic mass is 9.86. The first kappa shape index (κ1) is 42.8. The molecular weight excluding hydrogens is 827 g/mol. The molecule has 4 atom stereocenters. The predicted molar refractivity (Wildman–Crippen MR) is 229 cm³/mol. The Morgan fingerprint density at radius 2 is 1.68 bits per heavy atom. The number of halogens is 2. The smallest absolute Gasteiger partial charge is 0.271 e. The number of hydrogen-bond acceptors (Lipinski definition) is 11. The van der Waals surface area contributed by atoms with Crippen LogP contribution < -0.4 is 20.3 Å². The molecule has 63 heavy (non-hydrogen) atoms. The molecule has 4 aliphatic heterocycles. The first-order chi connectivity index (χ1) is 30.4. The minimum atomic E-state index is -1.09. The molecule has 2 N–H and O–H groups in total. The summed E-state index contributed by atoms with van der Waals surface area (Å²) >= 11 is 6.16. The van der Waals surface area contributed by atoms with Crippen molar-refractivity contribution in [3.05, 3.63) is 81.6 Å². The fourth-order valence-electron chi connectivity index (χ4n) is 10.9. The van der Waals surface area contributed by atoms with E-state index in [1.54, 1.807) is 30.6 Å². The molecule has 1 aromatic heterocycles. The van der Waals surface area contributed by atoms with Crippen molar-refractivity contribution in [1.82, 2.24) is 30.4 Å². The number of hydrogen-bond donors (Lipinski definition) is 2. The number of likely N-dealkylation sites (tertiary alicyclic amines) is 1. The van der Waals surface area contributed by atoms with Gasteiger partial charge < -0.3 is 19.9 Å². The summed E-state index contributed by atoms with van der Waals surface area (Å²) in [6.45, 7) is 4.30.